The molecule has 5 heteroatoms. The summed E-state index contributed by atoms with van der Waals surface area (Å²) < 4.78 is 5.84. The Morgan fingerprint density at radius 3 is 2.88 bits per heavy atom. The number of ether oxygens (including phenoxy) is 1. The van der Waals surface area contributed by atoms with Crippen LogP contribution < -0.4 is 10.6 Å². The van der Waals surface area contributed by atoms with Crippen LogP contribution >= 0.6 is 15.9 Å². The van der Waals surface area contributed by atoms with E-state index in [-0.39, 0.29) is 0 Å². The van der Waals surface area contributed by atoms with Crippen LogP contribution in [0.1, 0.15) is 0 Å². The molecule has 0 radical (unpaired) electrons. The molecule has 1 aromatic rings. The van der Waals surface area contributed by atoms with Crippen LogP contribution in [-0.2, 0) is 4.74 Å². The number of nitrogen functional groups attached to an aromatic ring is 1. The van der Waals surface area contributed by atoms with E-state index in [0.29, 0.717) is 18.8 Å². The monoisotopic (exact) mass is 288 g/mol. The number of anilines is 2. The second-order valence-electron chi connectivity index (χ2n) is 3.69. The van der Waals surface area contributed by atoms with E-state index in [1.165, 1.54) is 0 Å². The van der Waals surface area contributed by atoms with Gasteiger partial charge in [0.2, 0.25) is 0 Å². The van der Waals surface area contributed by atoms with Crippen LogP contribution in [0.15, 0.2) is 22.7 Å². The molecule has 0 aliphatic rings. The third-order valence-electron chi connectivity index (χ3n) is 2.25. The van der Waals surface area contributed by atoms with E-state index in [0.717, 1.165) is 10.2 Å². The van der Waals surface area contributed by atoms with Gasteiger partial charge in [0, 0.05) is 25.2 Å². The fourth-order valence-corrected chi connectivity index (χ4v) is 1.86. The van der Waals surface area contributed by atoms with Gasteiger partial charge in [0.05, 0.1) is 24.1 Å². The maximum atomic E-state index is 9.62. The Hall–Kier alpha value is -0.780. The summed E-state index contributed by atoms with van der Waals surface area (Å²) in [5.74, 6) is 0. The van der Waals surface area contributed by atoms with Gasteiger partial charge >= 0.3 is 0 Å². The smallest absolute Gasteiger partial charge is 0.0947 e. The van der Waals surface area contributed by atoms with Crippen molar-refractivity contribution in [3.05, 3.63) is 22.7 Å². The highest BCUT2D eigenvalue weighted by Gasteiger charge is 2.11. The van der Waals surface area contributed by atoms with Gasteiger partial charge in [-0.15, -0.1) is 0 Å². The fourth-order valence-electron chi connectivity index (χ4n) is 1.51. The molecule has 0 saturated heterocycles. The topological polar surface area (TPSA) is 58.7 Å². The zero-order valence-electron chi connectivity index (χ0n) is 9.48. The largest absolute Gasteiger partial charge is 0.397 e. The molecule has 4 nitrogen and oxygen atoms in total. The average Bonchev–Trinajstić information content (AvgIpc) is 2.21. The molecule has 1 aromatic carbocycles. The standard InChI is InChI=1S/C11H17BrN2O2/c1-14(6-9(15)7-16-2)11-5-8(12)3-4-10(11)13/h3-5,9,15H,6-7,13H2,1-2H3. The van der Waals surface area contributed by atoms with E-state index in [2.05, 4.69) is 15.9 Å². The molecule has 1 atom stereocenters. The number of hydrogen-bond acceptors (Lipinski definition) is 4. The summed E-state index contributed by atoms with van der Waals surface area (Å²) in [5, 5.41) is 9.62. The summed E-state index contributed by atoms with van der Waals surface area (Å²) in [6.45, 7) is 0.798. The van der Waals surface area contributed by atoms with Crippen LogP contribution in [-0.4, -0.2) is 38.5 Å². The Labute approximate surface area is 104 Å². The molecule has 1 rings (SSSR count). The van der Waals surface area contributed by atoms with Crippen LogP contribution in [0.3, 0.4) is 0 Å². The zero-order valence-corrected chi connectivity index (χ0v) is 11.1. The lowest BCUT2D eigenvalue weighted by molar-refractivity contribution is 0.0695. The van der Waals surface area contributed by atoms with E-state index in [4.69, 9.17) is 10.5 Å². The van der Waals surface area contributed by atoms with Crippen molar-refractivity contribution in [1.82, 2.24) is 0 Å². The van der Waals surface area contributed by atoms with Gasteiger partial charge in [0.15, 0.2) is 0 Å². The first-order valence-corrected chi connectivity index (χ1v) is 5.77. The van der Waals surface area contributed by atoms with E-state index in [1.54, 1.807) is 7.11 Å². The fraction of sp³-hybridized carbons (Fsp3) is 0.455. The number of hydrogen-bond donors (Lipinski definition) is 2. The second-order valence-corrected chi connectivity index (χ2v) is 4.61. The highest BCUT2D eigenvalue weighted by molar-refractivity contribution is 9.10. The number of methoxy groups -OCH3 is 1. The number of rotatable bonds is 5. The predicted molar refractivity (Wildman–Crippen MR) is 69.7 cm³/mol. The maximum absolute atomic E-state index is 9.62. The van der Waals surface area contributed by atoms with Gasteiger partial charge in [-0.3, -0.25) is 0 Å². The van der Waals surface area contributed by atoms with Gasteiger partial charge in [-0.2, -0.15) is 0 Å². The third kappa shape index (κ3) is 3.66. The molecule has 0 bridgehead atoms. The number of nitrogens with two attached hydrogens (primary N) is 1. The molecule has 0 heterocycles. The Bertz CT molecular complexity index is 347. The molecule has 3 N–H and O–H groups in total. The van der Waals surface area contributed by atoms with Crippen molar-refractivity contribution in [2.24, 2.45) is 0 Å². The number of aliphatic hydroxyl groups is 1. The van der Waals surface area contributed by atoms with Crippen LogP contribution in [0.5, 0.6) is 0 Å². The van der Waals surface area contributed by atoms with Crippen molar-refractivity contribution in [3.8, 4) is 0 Å². The lowest BCUT2D eigenvalue weighted by Gasteiger charge is -2.23. The van der Waals surface area contributed by atoms with Crippen molar-refractivity contribution in [2.75, 3.05) is 37.9 Å². The molecule has 0 spiro atoms. The molecule has 0 fully saturated rings. The Morgan fingerprint density at radius 2 is 2.25 bits per heavy atom. The molecular weight excluding hydrogens is 272 g/mol. The SMILES string of the molecule is COCC(O)CN(C)c1cc(Br)ccc1N. The van der Waals surface area contributed by atoms with Crippen molar-refractivity contribution < 1.29 is 9.84 Å². The van der Waals surface area contributed by atoms with Gasteiger partial charge in [-0.05, 0) is 18.2 Å². The normalized spacial score (nSPS) is 12.5. The Morgan fingerprint density at radius 1 is 1.56 bits per heavy atom. The minimum atomic E-state index is -0.520. The van der Waals surface area contributed by atoms with E-state index >= 15 is 0 Å². The molecule has 0 saturated carbocycles. The van der Waals surface area contributed by atoms with Crippen molar-refractivity contribution >= 4 is 27.3 Å². The van der Waals surface area contributed by atoms with Gasteiger partial charge in [0.1, 0.15) is 0 Å². The van der Waals surface area contributed by atoms with E-state index < -0.39 is 6.10 Å². The van der Waals surface area contributed by atoms with Gasteiger partial charge in [-0.1, -0.05) is 15.9 Å². The molecule has 0 amide bonds. The highest BCUT2D eigenvalue weighted by atomic mass is 79.9. The summed E-state index contributed by atoms with van der Waals surface area (Å²) >= 11 is 3.39. The molecule has 0 aromatic heterocycles. The summed E-state index contributed by atoms with van der Waals surface area (Å²) in [5.41, 5.74) is 7.45. The first kappa shape index (κ1) is 13.3. The summed E-state index contributed by atoms with van der Waals surface area (Å²) in [6.07, 6.45) is -0.520. The van der Waals surface area contributed by atoms with Gasteiger partial charge < -0.3 is 20.5 Å². The Kier molecular flexibility index (Phi) is 5.05. The number of aliphatic hydroxyl groups excluding tert-OH is 1. The van der Waals surface area contributed by atoms with E-state index in [9.17, 15) is 5.11 Å². The molecular formula is C11H17BrN2O2. The molecule has 1 unspecified atom stereocenters. The van der Waals surface area contributed by atoms with Crippen LogP contribution in [0, 0.1) is 0 Å². The van der Waals surface area contributed by atoms with Crippen molar-refractivity contribution in [3.63, 3.8) is 0 Å². The number of nitrogens with zero attached hydrogens (tertiary/aromatic N) is 1. The number of benzene rings is 1. The first-order chi connectivity index (χ1) is 7.54. The van der Waals surface area contributed by atoms with Crippen molar-refractivity contribution in [2.45, 2.75) is 6.10 Å². The quantitative estimate of drug-likeness (QED) is 0.806. The first-order valence-electron chi connectivity index (χ1n) is 4.97. The molecule has 16 heavy (non-hydrogen) atoms. The zero-order chi connectivity index (χ0) is 12.1. The predicted octanol–water partition coefficient (Wildman–Crippen LogP) is 1.47. The van der Waals surface area contributed by atoms with Crippen LogP contribution in [0.25, 0.3) is 0 Å². The number of halogens is 1. The molecule has 0 aliphatic heterocycles. The maximum Gasteiger partial charge on any atom is 0.0947 e. The summed E-state index contributed by atoms with van der Waals surface area (Å²) in [7, 11) is 3.45. The van der Waals surface area contributed by atoms with Gasteiger partial charge in [-0.25, -0.2) is 0 Å². The summed E-state index contributed by atoms with van der Waals surface area (Å²) in [4.78, 5) is 1.91. The highest BCUT2D eigenvalue weighted by Crippen LogP contribution is 2.26. The number of likely N-dealkylation sites (N-methyl/N-ethyl adjacent to an activating group) is 1. The second kappa shape index (κ2) is 6.08. The lowest BCUT2D eigenvalue weighted by Crippen LogP contribution is -2.32. The Balaban J connectivity index is 2.72. The minimum absolute atomic E-state index is 0.318. The van der Waals surface area contributed by atoms with Crippen LogP contribution in [0.2, 0.25) is 0 Å². The van der Waals surface area contributed by atoms with Crippen LogP contribution in [0.4, 0.5) is 11.4 Å². The van der Waals surface area contributed by atoms with E-state index in [1.807, 2.05) is 30.1 Å². The van der Waals surface area contributed by atoms with Gasteiger partial charge in [0.25, 0.3) is 0 Å². The average molecular weight is 289 g/mol. The minimum Gasteiger partial charge on any atom is -0.397 e. The summed E-state index contributed by atoms with van der Waals surface area (Å²) in [6, 6.07) is 5.64. The molecule has 0 aliphatic carbocycles. The third-order valence-corrected chi connectivity index (χ3v) is 2.74. The van der Waals surface area contributed by atoms with Crippen molar-refractivity contribution in [1.29, 1.82) is 0 Å². The molecule has 90 valence electrons. The lowest BCUT2D eigenvalue weighted by atomic mass is 10.2.